The minimum atomic E-state index is -0.315. The lowest BCUT2D eigenvalue weighted by Crippen LogP contribution is -2.53. The van der Waals surface area contributed by atoms with Crippen molar-refractivity contribution in [1.82, 2.24) is 14.7 Å². The maximum Gasteiger partial charge on any atom is 0.245 e. The van der Waals surface area contributed by atoms with Gasteiger partial charge in [-0.1, -0.05) is 0 Å². The molecule has 0 spiro atoms. The summed E-state index contributed by atoms with van der Waals surface area (Å²) in [7, 11) is 2.06. The molecule has 1 aromatic carbocycles. The number of hydrogen-bond donors (Lipinski definition) is 0. The molecule has 1 aromatic rings. The number of likely N-dealkylation sites (N-methyl/N-ethyl adjacent to an activating group) is 1. The molecular formula is C18H24FN3O2S. The zero-order chi connectivity index (χ0) is 17.8. The van der Waals surface area contributed by atoms with Crippen molar-refractivity contribution in [3.8, 4) is 0 Å². The number of hydrogen-bond acceptors (Lipinski definition) is 4. The van der Waals surface area contributed by atoms with Crippen LogP contribution < -0.4 is 0 Å². The summed E-state index contributed by atoms with van der Waals surface area (Å²) in [6, 6.07) is 5.81. The van der Waals surface area contributed by atoms with Gasteiger partial charge >= 0.3 is 0 Å². The minimum absolute atomic E-state index is 0.0145. The quantitative estimate of drug-likeness (QED) is 0.762. The monoisotopic (exact) mass is 365 g/mol. The van der Waals surface area contributed by atoms with Crippen molar-refractivity contribution >= 4 is 23.6 Å². The molecule has 7 heteroatoms. The van der Waals surface area contributed by atoms with E-state index in [0.717, 1.165) is 43.9 Å². The van der Waals surface area contributed by atoms with E-state index in [9.17, 15) is 14.0 Å². The second-order valence-electron chi connectivity index (χ2n) is 6.62. The first kappa shape index (κ1) is 18.2. The Hall–Kier alpha value is -1.60. The normalized spacial score (nSPS) is 21.6. The van der Waals surface area contributed by atoms with E-state index in [1.807, 2.05) is 4.90 Å². The molecule has 0 radical (unpaired) electrons. The first-order valence-corrected chi connectivity index (χ1v) is 9.68. The van der Waals surface area contributed by atoms with Gasteiger partial charge in [-0.2, -0.15) is 0 Å². The molecule has 2 heterocycles. The van der Waals surface area contributed by atoms with Gasteiger partial charge in [-0.15, -0.1) is 11.8 Å². The summed E-state index contributed by atoms with van der Waals surface area (Å²) in [5.74, 6) is 0.0658. The molecule has 25 heavy (non-hydrogen) atoms. The van der Waals surface area contributed by atoms with Crippen molar-refractivity contribution in [3.05, 3.63) is 30.1 Å². The van der Waals surface area contributed by atoms with Crippen LogP contribution in [0.3, 0.4) is 0 Å². The highest BCUT2D eigenvalue weighted by Gasteiger charge is 2.36. The zero-order valence-electron chi connectivity index (χ0n) is 14.5. The second-order valence-corrected chi connectivity index (χ2v) is 7.67. The van der Waals surface area contributed by atoms with E-state index in [1.165, 1.54) is 23.9 Å². The van der Waals surface area contributed by atoms with Crippen LogP contribution in [0.15, 0.2) is 29.2 Å². The van der Waals surface area contributed by atoms with E-state index in [2.05, 4.69) is 11.9 Å². The number of halogens is 1. The molecule has 136 valence electrons. The Morgan fingerprint density at radius 1 is 1.12 bits per heavy atom. The molecule has 2 amide bonds. The van der Waals surface area contributed by atoms with Gasteiger partial charge in [0, 0.05) is 37.6 Å². The number of thioether (sulfide) groups is 1. The van der Waals surface area contributed by atoms with E-state index in [4.69, 9.17) is 0 Å². The Kier molecular flexibility index (Phi) is 5.96. The standard InChI is InChI=1S/C18H24FN3O2S/c1-20-9-11-21(12-10-20)18(24)16-3-2-8-22(16)17(23)13-25-15-6-4-14(19)5-7-15/h4-7,16H,2-3,8-13H2,1H3/t16-/m0/s1. The molecule has 0 aliphatic carbocycles. The van der Waals surface area contributed by atoms with Crippen molar-refractivity contribution in [3.63, 3.8) is 0 Å². The SMILES string of the molecule is CN1CCN(C(=O)[C@@H]2CCCN2C(=O)CSc2ccc(F)cc2)CC1. The van der Waals surface area contributed by atoms with Gasteiger partial charge in [0.1, 0.15) is 11.9 Å². The van der Waals surface area contributed by atoms with Gasteiger partial charge in [-0.25, -0.2) is 4.39 Å². The highest BCUT2D eigenvalue weighted by Crippen LogP contribution is 2.24. The smallest absolute Gasteiger partial charge is 0.245 e. The summed E-state index contributed by atoms with van der Waals surface area (Å²) in [4.78, 5) is 32.1. The predicted molar refractivity (Wildman–Crippen MR) is 95.9 cm³/mol. The third-order valence-corrected chi connectivity index (χ3v) is 5.85. The topological polar surface area (TPSA) is 43.9 Å². The number of piperazine rings is 1. The Labute approximate surface area is 152 Å². The number of carbonyl (C=O) groups is 2. The van der Waals surface area contributed by atoms with Crippen LogP contribution in [0.4, 0.5) is 4.39 Å². The molecule has 3 rings (SSSR count). The largest absolute Gasteiger partial charge is 0.338 e. The molecule has 2 aliphatic heterocycles. The number of nitrogens with zero attached hydrogens (tertiary/aromatic N) is 3. The molecule has 2 aliphatic rings. The minimum Gasteiger partial charge on any atom is -0.338 e. The van der Waals surface area contributed by atoms with Crippen LogP contribution in [-0.4, -0.2) is 78.1 Å². The van der Waals surface area contributed by atoms with E-state index >= 15 is 0 Å². The van der Waals surface area contributed by atoms with Gasteiger partial charge < -0.3 is 14.7 Å². The molecule has 1 atom stereocenters. The van der Waals surface area contributed by atoms with Crippen molar-refractivity contribution in [2.45, 2.75) is 23.8 Å². The fourth-order valence-electron chi connectivity index (χ4n) is 3.32. The third-order valence-electron chi connectivity index (χ3n) is 4.85. The Balaban J connectivity index is 1.55. The van der Waals surface area contributed by atoms with E-state index in [-0.39, 0.29) is 29.4 Å². The van der Waals surface area contributed by atoms with Crippen LogP contribution >= 0.6 is 11.8 Å². The molecule has 2 fully saturated rings. The van der Waals surface area contributed by atoms with E-state index < -0.39 is 0 Å². The number of rotatable bonds is 4. The lowest BCUT2D eigenvalue weighted by molar-refractivity contribution is -0.143. The number of amides is 2. The van der Waals surface area contributed by atoms with Crippen LogP contribution in [0.1, 0.15) is 12.8 Å². The van der Waals surface area contributed by atoms with Crippen molar-refractivity contribution in [1.29, 1.82) is 0 Å². The molecule has 0 aromatic heterocycles. The Bertz CT molecular complexity index is 617. The Morgan fingerprint density at radius 2 is 1.80 bits per heavy atom. The van der Waals surface area contributed by atoms with Crippen LogP contribution in [0, 0.1) is 5.82 Å². The highest BCUT2D eigenvalue weighted by atomic mass is 32.2. The van der Waals surface area contributed by atoms with Crippen molar-refractivity contribution in [2.24, 2.45) is 0 Å². The molecule has 2 saturated heterocycles. The first-order chi connectivity index (χ1) is 12.0. The summed E-state index contributed by atoms with van der Waals surface area (Å²) < 4.78 is 12.9. The molecule has 0 bridgehead atoms. The Morgan fingerprint density at radius 3 is 2.48 bits per heavy atom. The van der Waals surface area contributed by atoms with Gasteiger partial charge in [-0.3, -0.25) is 9.59 Å². The fraction of sp³-hybridized carbons (Fsp3) is 0.556. The lowest BCUT2D eigenvalue weighted by Gasteiger charge is -2.35. The summed E-state index contributed by atoms with van der Waals surface area (Å²) in [5, 5.41) is 0. The molecule has 0 saturated carbocycles. The van der Waals surface area contributed by atoms with Crippen LogP contribution in [0.5, 0.6) is 0 Å². The lowest BCUT2D eigenvalue weighted by atomic mass is 10.1. The summed E-state index contributed by atoms with van der Waals surface area (Å²) in [6.45, 7) is 3.88. The number of carbonyl (C=O) groups excluding carboxylic acids is 2. The number of likely N-dealkylation sites (tertiary alicyclic amines) is 1. The summed E-state index contributed by atoms with van der Waals surface area (Å²) in [6.07, 6.45) is 1.62. The summed E-state index contributed by atoms with van der Waals surface area (Å²) >= 11 is 1.38. The predicted octanol–water partition coefficient (Wildman–Crippen LogP) is 1.68. The van der Waals surface area contributed by atoms with Gasteiger partial charge in [-0.05, 0) is 44.2 Å². The van der Waals surface area contributed by atoms with Gasteiger partial charge in [0.15, 0.2) is 0 Å². The molecule has 0 unspecified atom stereocenters. The van der Waals surface area contributed by atoms with Crippen molar-refractivity contribution < 1.29 is 14.0 Å². The third kappa shape index (κ3) is 4.52. The fourth-order valence-corrected chi connectivity index (χ4v) is 4.10. The number of benzene rings is 1. The highest BCUT2D eigenvalue weighted by molar-refractivity contribution is 8.00. The van der Waals surface area contributed by atoms with Crippen molar-refractivity contribution in [2.75, 3.05) is 45.5 Å². The second kappa shape index (κ2) is 8.19. The van der Waals surface area contributed by atoms with Crippen LogP contribution in [-0.2, 0) is 9.59 Å². The first-order valence-electron chi connectivity index (χ1n) is 8.70. The maximum atomic E-state index is 12.9. The van der Waals surface area contributed by atoms with E-state index in [1.54, 1.807) is 17.0 Å². The van der Waals surface area contributed by atoms with Crippen LogP contribution in [0.25, 0.3) is 0 Å². The van der Waals surface area contributed by atoms with Crippen LogP contribution in [0.2, 0.25) is 0 Å². The van der Waals surface area contributed by atoms with Gasteiger partial charge in [0.05, 0.1) is 5.75 Å². The average molecular weight is 365 g/mol. The maximum absolute atomic E-state index is 12.9. The average Bonchev–Trinajstić information content (AvgIpc) is 3.11. The van der Waals surface area contributed by atoms with Gasteiger partial charge in [0.25, 0.3) is 0 Å². The van der Waals surface area contributed by atoms with Gasteiger partial charge in [0.2, 0.25) is 11.8 Å². The molecule has 5 nitrogen and oxygen atoms in total. The van der Waals surface area contributed by atoms with E-state index in [0.29, 0.717) is 6.54 Å². The molecular weight excluding hydrogens is 341 g/mol. The summed E-state index contributed by atoms with van der Waals surface area (Å²) in [5.41, 5.74) is 0. The zero-order valence-corrected chi connectivity index (χ0v) is 15.3. The molecule has 0 N–H and O–H groups in total.